The lowest BCUT2D eigenvalue weighted by Gasteiger charge is -2.08. The van der Waals surface area contributed by atoms with Gasteiger partial charge in [0.05, 0.1) is 17.8 Å². The molecule has 3 rings (SSSR count). The molecule has 6 heteroatoms. The molecule has 1 amide bonds. The van der Waals surface area contributed by atoms with Crippen LogP contribution in [0.4, 0.5) is 4.39 Å². The highest BCUT2D eigenvalue weighted by Gasteiger charge is 2.14. The number of hydrogen-bond donors (Lipinski definition) is 1. The Morgan fingerprint density at radius 2 is 2.08 bits per heavy atom. The van der Waals surface area contributed by atoms with Crippen LogP contribution in [-0.2, 0) is 6.54 Å². The number of nitrogens with one attached hydrogen (secondary N) is 1. The van der Waals surface area contributed by atoms with Crippen LogP contribution in [0.25, 0.3) is 11.1 Å². The minimum absolute atomic E-state index is 0.0600. The Labute approximate surface area is 143 Å². The molecule has 2 aromatic heterocycles. The lowest BCUT2D eigenvalue weighted by molar-refractivity contribution is 0.0948. The molecule has 0 saturated carbocycles. The number of halogens is 1. The lowest BCUT2D eigenvalue weighted by Crippen LogP contribution is -2.28. The topological polar surface area (TPSA) is 46.9 Å². The summed E-state index contributed by atoms with van der Waals surface area (Å²) in [5.74, 6) is -0.923. The van der Waals surface area contributed by atoms with Crippen molar-refractivity contribution in [3.05, 3.63) is 63.9 Å². The van der Waals surface area contributed by atoms with Crippen molar-refractivity contribution in [1.82, 2.24) is 15.1 Å². The Bertz CT molecular complexity index is 855. The average molecular weight is 343 g/mol. The third-order valence-electron chi connectivity index (χ3n) is 3.92. The SMILES string of the molecule is Cc1nn(CCNC(=O)c2ccccc2F)c(C)c1-c1ccsc1. The maximum absolute atomic E-state index is 13.6. The summed E-state index contributed by atoms with van der Waals surface area (Å²) >= 11 is 1.65. The molecule has 0 aliphatic heterocycles. The van der Waals surface area contributed by atoms with Gasteiger partial charge in [-0.2, -0.15) is 16.4 Å². The van der Waals surface area contributed by atoms with E-state index in [9.17, 15) is 9.18 Å². The molecule has 0 unspecified atom stereocenters. The van der Waals surface area contributed by atoms with E-state index in [1.54, 1.807) is 23.5 Å². The van der Waals surface area contributed by atoms with Crippen LogP contribution in [0.5, 0.6) is 0 Å². The summed E-state index contributed by atoms with van der Waals surface area (Å²) < 4.78 is 15.5. The standard InChI is InChI=1S/C18H18FN3OS/c1-12-17(14-7-10-24-11-14)13(2)22(21-12)9-8-20-18(23)15-5-3-4-6-16(15)19/h3-7,10-11H,8-9H2,1-2H3,(H,20,23). The summed E-state index contributed by atoms with van der Waals surface area (Å²) in [6, 6.07) is 8.04. The molecular formula is C18H18FN3OS. The van der Waals surface area contributed by atoms with Crippen molar-refractivity contribution in [1.29, 1.82) is 0 Å². The van der Waals surface area contributed by atoms with Crippen LogP contribution >= 0.6 is 11.3 Å². The lowest BCUT2D eigenvalue weighted by atomic mass is 10.1. The van der Waals surface area contributed by atoms with Gasteiger partial charge in [0.15, 0.2) is 0 Å². The third kappa shape index (κ3) is 3.23. The van der Waals surface area contributed by atoms with Gasteiger partial charge in [-0.15, -0.1) is 0 Å². The molecule has 1 N–H and O–H groups in total. The third-order valence-corrected chi connectivity index (χ3v) is 4.60. The van der Waals surface area contributed by atoms with E-state index in [4.69, 9.17) is 0 Å². The van der Waals surface area contributed by atoms with Crippen LogP contribution in [-0.4, -0.2) is 22.2 Å². The van der Waals surface area contributed by atoms with E-state index in [-0.39, 0.29) is 5.56 Å². The highest BCUT2D eigenvalue weighted by Crippen LogP contribution is 2.28. The summed E-state index contributed by atoms with van der Waals surface area (Å²) in [5.41, 5.74) is 4.38. The number of carbonyl (C=O) groups is 1. The van der Waals surface area contributed by atoms with Crippen LogP contribution in [0.2, 0.25) is 0 Å². The number of hydrogen-bond acceptors (Lipinski definition) is 3. The predicted octanol–water partition coefficient (Wildman–Crippen LogP) is 3.80. The Morgan fingerprint density at radius 1 is 1.29 bits per heavy atom. The Kier molecular flexibility index (Phi) is 4.76. The summed E-state index contributed by atoms with van der Waals surface area (Å²) in [6.45, 7) is 4.93. The first-order valence-electron chi connectivity index (χ1n) is 7.67. The minimum Gasteiger partial charge on any atom is -0.350 e. The van der Waals surface area contributed by atoms with Gasteiger partial charge in [-0.05, 0) is 48.4 Å². The maximum atomic E-state index is 13.6. The van der Waals surface area contributed by atoms with Gasteiger partial charge in [0.25, 0.3) is 5.91 Å². The van der Waals surface area contributed by atoms with Crippen molar-refractivity contribution < 1.29 is 9.18 Å². The number of benzene rings is 1. The molecule has 2 heterocycles. The van der Waals surface area contributed by atoms with E-state index in [2.05, 4.69) is 21.9 Å². The second-order valence-electron chi connectivity index (χ2n) is 5.52. The van der Waals surface area contributed by atoms with E-state index in [0.717, 1.165) is 22.5 Å². The van der Waals surface area contributed by atoms with Gasteiger partial charge in [-0.3, -0.25) is 9.48 Å². The molecule has 3 aromatic rings. The van der Waals surface area contributed by atoms with E-state index in [1.165, 1.54) is 12.1 Å². The summed E-state index contributed by atoms with van der Waals surface area (Å²) in [6.07, 6.45) is 0. The number of carbonyl (C=O) groups excluding carboxylic acids is 1. The van der Waals surface area contributed by atoms with Crippen LogP contribution in [0.3, 0.4) is 0 Å². The van der Waals surface area contributed by atoms with Gasteiger partial charge in [0, 0.05) is 17.8 Å². The molecule has 1 aromatic carbocycles. The maximum Gasteiger partial charge on any atom is 0.254 e. The van der Waals surface area contributed by atoms with Gasteiger partial charge < -0.3 is 5.32 Å². The monoisotopic (exact) mass is 343 g/mol. The van der Waals surface area contributed by atoms with Crippen molar-refractivity contribution >= 4 is 17.2 Å². The first-order chi connectivity index (χ1) is 11.6. The quantitative estimate of drug-likeness (QED) is 0.766. The zero-order valence-electron chi connectivity index (χ0n) is 13.5. The number of amides is 1. The second kappa shape index (κ2) is 6.97. The van der Waals surface area contributed by atoms with Crippen LogP contribution in [0, 0.1) is 19.7 Å². The highest BCUT2D eigenvalue weighted by atomic mass is 32.1. The average Bonchev–Trinajstić information content (AvgIpc) is 3.16. The zero-order valence-corrected chi connectivity index (χ0v) is 14.4. The second-order valence-corrected chi connectivity index (χ2v) is 6.30. The molecule has 24 heavy (non-hydrogen) atoms. The van der Waals surface area contributed by atoms with Gasteiger partial charge in [0.2, 0.25) is 0 Å². The Morgan fingerprint density at radius 3 is 2.79 bits per heavy atom. The van der Waals surface area contributed by atoms with E-state index < -0.39 is 11.7 Å². The minimum atomic E-state index is -0.513. The molecule has 0 aliphatic carbocycles. The fourth-order valence-corrected chi connectivity index (χ4v) is 3.40. The number of aryl methyl sites for hydroxylation is 1. The zero-order chi connectivity index (χ0) is 17.1. The van der Waals surface area contributed by atoms with Crippen LogP contribution in [0.15, 0.2) is 41.1 Å². The molecule has 0 radical (unpaired) electrons. The van der Waals surface area contributed by atoms with Gasteiger partial charge >= 0.3 is 0 Å². The van der Waals surface area contributed by atoms with Gasteiger partial charge in [0.1, 0.15) is 5.82 Å². The normalized spacial score (nSPS) is 10.8. The molecular weight excluding hydrogens is 325 g/mol. The molecule has 0 bridgehead atoms. The van der Waals surface area contributed by atoms with Gasteiger partial charge in [-0.25, -0.2) is 4.39 Å². The largest absolute Gasteiger partial charge is 0.350 e. The van der Waals surface area contributed by atoms with Crippen molar-refractivity contribution in [3.8, 4) is 11.1 Å². The molecule has 4 nitrogen and oxygen atoms in total. The fraction of sp³-hybridized carbons (Fsp3) is 0.222. The van der Waals surface area contributed by atoms with E-state index >= 15 is 0 Å². The molecule has 124 valence electrons. The number of thiophene rings is 1. The van der Waals surface area contributed by atoms with Crippen LogP contribution < -0.4 is 5.32 Å². The van der Waals surface area contributed by atoms with E-state index in [1.807, 2.05) is 23.9 Å². The van der Waals surface area contributed by atoms with Gasteiger partial charge in [-0.1, -0.05) is 12.1 Å². The van der Waals surface area contributed by atoms with Crippen molar-refractivity contribution in [3.63, 3.8) is 0 Å². The molecule has 0 saturated heterocycles. The molecule has 0 atom stereocenters. The van der Waals surface area contributed by atoms with Crippen molar-refractivity contribution in [2.24, 2.45) is 0 Å². The van der Waals surface area contributed by atoms with Crippen molar-refractivity contribution in [2.45, 2.75) is 20.4 Å². The van der Waals surface area contributed by atoms with Crippen molar-refractivity contribution in [2.75, 3.05) is 6.54 Å². The first kappa shape index (κ1) is 16.4. The Balaban J connectivity index is 1.67. The number of aromatic nitrogens is 2. The van der Waals surface area contributed by atoms with E-state index in [0.29, 0.717) is 13.1 Å². The van der Waals surface area contributed by atoms with Crippen LogP contribution in [0.1, 0.15) is 21.7 Å². The molecule has 0 aliphatic rings. The number of rotatable bonds is 5. The number of nitrogens with zero attached hydrogens (tertiary/aromatic N) is 2. The smallest absolute Gasteiger partial charge is 0.254 e. The molecule has 0 spiro atoms. The summed E-state index contributed by atoms with van der Waals surface area (Å²) in [5, 5.41) is 11.4. The highest BCUT2D eigenvalue weighted by molar-refractivity contribution is 7.08. The predicted molar refractivity (Wildman–Crippen MR) is 93.7 cm³/mol. The first-order valence-corrected chi connectivity index (χ1v) is 8.61. The fourth-order valence-electron chi connectivity index (χ4n) is 2.76. The Hall–Kier alpha value is -2.47. The molecule has 0 fully saturated rings. The summed E-state index contributed by atoms with van der Waals surface area (Å²) in [7, 11) is 0. The summed E-state index contributed by atoms with van der Waals surface area (Å²) in [4.78, 5) is 12.0.